The van der Waals surface area contributed by atoms with Crippen molar-refractivity contribution in [3.8, 4) is 11.1 Å². The minimum absolute atomic E-state index is 0.112. The highest BCUT2D eigenvalue weighted by Crippen LogP contribution is 2.37. The summed E-state index contributed by atoms with van der Waals surface area (Å²) < 4.78 is 0. The van der Waals surface area contributed by atoms with Crippen LogP contribution < -0.4 is 10.6 Å². The van der Waals surface area contributed by atoms with Crippen LogP contribution >= 0.6 is 23.2 Å². The van der Waals surface area contributed by atoms with E-state index in [1.165, 1.54) is 0 Å². The third-order valence-corrected chi connectivity index (χ3v) is 7.03. The second-order valence-corrected chi connectivity index (χ2v) is 9.75. The van der Waals surface area contributed by atoms with Crippen LogP contribution in [0.15, 0.2) is 36.4 Å². The van der Waals surface area contributed by atoms with Crippen molar-refractivity contribution in [3.05, 3.63) is 74.5 Å². The van der Waals surface area contributed by atoms with E-state index in [1.807, 2.05) is 50.3 Å². The number of nitrogens with zero attached hydrogens (tertiary/aromatic N) is 1. The summed E-state index contributed by atoms with van der Waals surface area (Å²) in [6.07, 6.45) is 1.81. The lowest BCUT2D eigenvalue weighted by Crippen LogP contribution is -2.35. The molecule has 6 nitrogen and oxygen atoms in total. The van der Waals surface area contributed by atoms with Crippen molar-refractivity contribution in [1.29, 1.82) is 0 Å². The number of carbonyl (C=O) groups is 2. The predicted molar refractivity (Wildman–Crippen MR) is 149 cm³/mol. The van der Waals surface area contributed by atoms with Crippen LogP contribution in [0.25, 0.3) is 22.8 Å². The van der Waals surface area contributed by atoms with Gasteiger partial charge in [-0.25, -0.2) is 0 Å². The van der Waals surface area contributed by atoms with Gasteiger partial charge in [-0.15, -0.1) is 0 Å². The van der Waals surface area contributed by atoms with Gasteiger partial charge in [-0.05, 0) is 74.0 Å². The second-order valence-electron chi connectivity index (χ2n) is 8.88. The van der Waals surface area contributed by atoms with E-state index in [2.05, 4.69) is 34.4 Å². The molecule has 0 spiro atoms. The molecule has 2 amide bonds. The molecule has 0 unspecified atom stereocenters. The molecular formula is C28H30Cl2N4O2. The van der Waals surface area contributed by atoms with Gasteiger partial charge in [0.25, 0.3) is 11.8 Å². The van der Waals surface area contributed by atoms with Gasteiger partial charge in [-0.1, -0.05) is 49.2 Å². The normalized spacial score (nSPS) is 13.9. The first-order valence-electron chi connectivity index (χ1n) is 12.1. The van der Waals surface area contributed by atoms with Crippen LogP contribution in [0.5, 0.6) is 0 Å². The molecule has 1 aliphatic rings. The number of anilines is 1. The number of fused-ring (bicyclic) bond motifs is 1. The van der Waals surface area contributed by atoms with Gasteiger partial charge in [0.1, 0.15) is 0 Å². The number of rotatable bonds is 8. The smallest absolute Gasteiger partial charge is 0.256 e. The number of H-pyrrole nitrogens is 1. The van der Waals surface area contributed by atoms with E-state index in [0.29, 0.717) is 27.7 Å². The number of aromatic nitrogens is 1. The number of halogens is 2. The Balaban J connectivity index is 1.59. The van der Waals surface area contributed by atoms with E-state index in [0.717, 1.165) is 59.0 Å². The number of hydrogen-bond acceptors (Lipinski definition) is 3. The number of benzene rings is 2. The van der Waals surface area contributed by atoms with Crippen molar-refractivity contribution in [3.63, 3.8) is 0 Å². The molecule has 0 bridgehead atoms. The van der Waals surface area contributed by atoms with E-state index in [9.17, 15) is 9.59 Å². The molecule has 36 heavy (non-hydrogen) atoms. The fraction of sp³-hybridized carbons (Fsp3) is 0.286. The second kappa shape index (κ2) is 10.9. The summed E-state index contributed by atoms with van der Waals surface area (Å²) in [7, 11) is 0. The Morgan fingerprint density at radius 2 is 1.72 bits per heavy atom. The maximum Gasteiger partial charge on any atom is 0.256 e. The largest absolute Gasteiger partial charge is 0.358 e. The third kappa shape index (κ3) is 5.36. The maximum atomic E-state index is 12.9. The Bertz CT molecular complexity index is 1340. The first kappa shape index (κ1) is 26.0. The molecule has 2 heterocycles. The first-order chi connectivity index (χ1) is 17.2. The zero-order chi connectivity index (χ0) is 26.0. The van der Waals surface area contributed by atoms with Crippen LogP contribution in [0.4, 0.5) is 5.69 Å². The molecule has 1 aliphatic heterocycles. The van der Waals surface area contributed by atoms with E-state index < -0.39 is 0 Å². The van der Waals surface area contributed by atoms with E-state index in [4.69, 9.17) is 23.2 Å². The molecule has 0 aliphatic carbocycles. The van der Waals surface area contributed by atoms with Gasteiger partial charge < -0.3 is 20.5 Å². The molecule has 0 radical (unpaired) electrons. The molecule has 0 fully saturated rings. The van der Waals surface area contributed by atoms with Crippen molar-refractivity contribution in [1.82, 2.24) is 15.2 Å². The van der Waals surface area contributed by atoms with Gasteiger partial charge in [0, 0.05) is 45.8 Å². The summed E-state index contributed by atoms with van der Waals surface area (Å²) in [6, 6.07) is 11.1. The molecular weight excluding hydrogens is 495 g/mol. The van der Waals surface area contributed by atoms with Crippen LogP contribution in [0.2, 0.25) is 10.0 Å². The predicted octanol–water partition coefficient (Wildman–Crippen LogP) is 6.17. The third-order valence-electron chi connectivity index (χ3n) is 6.60. The Morgan fingerprint density at radius 1 is 1.03 bits per heavy atom. The van der Waals surface area contributed by atoms with Crippen LogP contribution in [0.1, 0.15) is 46.7 Å². The number of aryl methyl sites for hydroxylation is 1. The van der Waals surface area contributed by atoms with Crippen molar-refractivity contribution < 1.29 is 9.59 Å². The van der Waals surface area contributed by atoms with Crippen LogP contribution in [0, 0.1) is 13.8 Å². The van der Waals surface area contributed by atoms with Gasteiger partial charge >= 0.3 is 0 Å². The minimum Gasteiger partial charge on any atom is -0.358 e. The van der Waals surface area contributed by atoms with Crippen molar-refractivity contribution in [2.75, 3.05) is 31.5 Å². The number of carbonyl (C=O) groups excluding carboxylic acids is 2. The molecule has 8 heteroatoms. The Morgan fingerprint density at radius 3 is 2.39 bits per heavy atom. The van der Waals surface area contributed by atoms with Crippen molar-refractivity contribution in [2.24, 2.45) is 0 Å². The number of amides is 2. The highest BCUT2D eigenvalue weighted by molar-refractivity contribution is 6.36. The fourth-order valence-electron chi connectivity index (χ4n) is 4.60. The average molecular weight is 525 g/mol. The molecule has 188 valence electrons. The zero-order valence-electron chi connectivity index (χ0n) is 20.9. The van der Waals surface area contributed by atoms with Gasteiger partial charge in [0.2, 0.25) is 0 Å². The molecule has 0 saturated carbocycles. The number of hydrogen-bond donors (Lipinski definition) is 3. The minimum atomic E-state index is -0.192. The summed E-state index contributed by atoms with van der Waals surface area (Å²) in [5.41, 5.74) is 6.77. The number of likely N-dealkylation sites (N-methyl/N-ethyl adjacent to an activating group) is 1. The van der Waals surface area contributed by atoms with Crippen molar-refractivity contribution >= 4 is 52.4 Å². The fourth-order valence-corrected chi connectivity index (χ4v) is 5.12. The average Bonchev–Trinajstić information content (AvgIpc) is 3.30. The lowest BCUT2D eigenvalue weighted by atomic mass is 9.99. The topological polar surface area (TPSA) is 77.2 Å². The first-order valence-corrected chi connectivity index (χ1v) is 12.8. The summed E-state index contributed by atoms with van der Waals surface area (Å²) in [6.45, 7) is 11.3. The van der Waals surface area contributed by atoms with E-state index in [-0.39, 0.29) is 11.8 Å². The Hall–Kier alpha value is -3.06. The summed E-state index contributed by atoms with van der Waals surface area (Å²) in [4.78, 5) is 31.3. The molecule has 2 aromatic carbocycles. The van der Waals surface area contributed by atoms with Crippen LogP contribution in [-0.2, 0) is 4.79 Å². The molecule has 0 atom stereocenters. The summed E-state index contributed by atoms with van der Waals surface area (Å²) >= 11 is 12.3. The highest BCUT2D eigenvalue weighted by Gasteiger charge is 2.26. The van der Waals surface area contributed by atoms with E-state index >= 15 is 0 Å². The lowest BCUT2D eigenvalue weighted by Gasteiger charge is -2.18. The van der Waals surface area contributed by atoms with Crippen LogP contribution in [-0.4, -0.2) is 47.9 Å². The lowest BCUT2D eigenvalue weighted by molar-refractivity contribution is -0.110. The van der Waals surface area contributed by atoms with E-state index in [1.54, 1.807) is 6.07 Å². The zero-order valence-corrected chi connectivity index (χ0v) is 22.4. The highest BCUT2D eigenvalue weighted by atomic mass is 35.5. The SMILES string of the molecule is CCN(CC)CCNC(=O)c1c(C)[nH]c(C=C2C(=O)Nc3cc(-c4cc(Cl)cc(Cl)c4)ccc32)c1C. The summed E-state index contributed by atoms with van der Waals surface area (Å²) in [5.74, 6) is -0.303. The number of nitrogens with one attached hydrogen (secondary N) is 3. The monoisotopic (exact) mass is 524 g/mol. The Labute approximate surface area is 221 Å². The van der Waals surface area contributed by atoms with Crippen LogP contribution in [0.3, 0.4) is 0 Å². The standard InChI is InChI=1S/C28H30Cl2N4O2/c1-5-34(6-2)10-9-31-28(36)26-16(3)24(32-17(26)4)15-23-22-8-7-18(13-25(22)33-27(23)35)19-11-20(29)14-21(30)12-19/h7-8,11-15,32H,5-6,9-10H2,1-4H3,(H,31,36)(H,33,35). The molecule has 3 aromatic rings. The van der Waals surface area contributed by atoms with Gasteiger partial charge in [-0.2, -0.15) is 0 Å². The van der Waals surface area contributed by atoms with Gasteiger partial charge in [0.15, 0.2) is 0 Å². The molecule has 1 aromatic heterocycles. The van der Waals surface area contributed by atoms with Gasteiger partial charge in [-0.3, -0.25) is 9.59 Å². The quantitative estimate of drug-likeness (QED) is 0.308. The molecule has 3 N–H and O–H groups in total. The molecule has 0 saturated heterocycles. The summed E-state index contributed by atoms with van der Waals surface area (Å²) in [5, 5.41) is 7.07. The number of aromatic amines is 1. The maximum absolute atomic E-state index is 12.9. The molecule has 4 rings (SSSR count). The van der Waals surface area contributed by atoms with Crippen molar-refractivity contribution in [2.45, 2.75) is 27.7 Å². The Kier molecular flexibility index (Phi) is 7.88. The van der Waals surface area contributed by atoms with Gasteiger partial charge in [0.05, 0.1) is 11.1 Å².